The largest absolute Gasteiger partial charge is 0.493 e. The second-order valence-corrected chi connectivity index (χ2v) is 4.32. The number of nitrogens with two attached hydrogens (primary N) is 1. The molecule has 4 nitrogen and oxygen atoms in total. The number of hydrogen-bond acceptors (Lipinski definition) is 4. The third kappa shape index (κ3) is 2.70. The monoisotopic (exact) mass is 273 g/mol. The van der Waals surface area contributed by atoms with Crippen LogP contribution in [0, 0.1) is 0 Å². The fourth-order valence-corrected chi connectivity index (χ4v) is 2.13. The van der Waals surface area contributed by atoms with Crippen LogP contribution in [0.25, 0.3) is 11.1 Å². The van der Waals surface area contributed by atoms with Crippen LogP contribution in [0.1, 0.15) is 5.56 Å². The molecule has 0 saturated heterocycles. The van der Waals surface area contributed by atoms with Gasteiger partial charge in [0.1, 0.15) is 0 Å². The SMILES string of the molecule is COc1cc(-c2cccc(CN)c2)cc(OC)c1OC. The predicted molar refractivity (Wildman–Crippen MR) is 79.4 cm³/mol. The van der Waals surface area contributed by atoms with Gasteiger partial charge in [-0.2, -0.15) is 0 Å². The highest BCUT2D eigenvalue weighted by molar-refractivity contribution is 5.71. The normalized spacial score (nSPS) is 10.2. The summed E-state index contributed by atoms with van der Waals surface area (Å²) in [5, 5.41) is 0. The molecule has 0 aliphatic rings. The van der Waals surface area contributed by atoms with Crippen LogP contribution < -0.4 is 19.9 Å². The van der Waals surface area contributed by atoms with Crippen molar-refractivity contribution in [1.82, 2.24) is 0 Å². The number of ether oxygens (including phenoxy) is 3. The van der Waals surface area contributed by atoms with Crippen molar-refractivity contribution in [2.45, 2.75) is 6.54 Å². The van der Waals surface area contributed by atoms with Crippen molar-refractivity contribution in [1.29, 1.82) is 0 Å². The molecule has 2 rings (SSSR count). The van der Waals surface area contributed by atoms with Crippen LogP contribution in [0.2, 0.25) is 0 Å². The summed E-state index contributed by atoms with van der Waals surface area (Å²) in [6.07, 6.45) is 0. The number of methoxy groups -OCH3 is 3. The summed E-state index contributed by atoms with van der Waals surface area (Å²) in [6, 6.07) is 11.9. The van der Waals surface area contributed by atoms with Crippen molar-refractivity contribution in [2.24, 2.45) is 5.73 Å². The van der Waals surface area contributed by atoms with Gasteiger partial charge in [0.05, 0.1) is 21.3 Å². The molecule has 0 heterocycles. The fraction of sp³-hybridized carbons (Fsp3) is 0.250. The van der Waals surface area contributed by atoms with Gasteiger partial charge in [-0.15, -0.1) is 0 Å². The number of rotatable bonds is 5. The summed E-state index contributed by atoms with van der Waals surface area (Å²) < 4.78 is 16.1. The van der Waals surface area contributed by atoms with E-state index in [-0.39, 0.29) is 0 Å². The maximum Gasteiger partial charge on any atom is 0.203 e. The van der Waals surface area contributed by atoms with Crippen LogP contribution in [0.15, 0.2) is 36.4 Å². The highest BCUT2D eigenvalue weighted by Crippen LogP contribution is 2.41. The van der Waals surface area contributed by atoms with Crippen LogP contribution in [-0.4, -0.2) is 21.3 Å². The summed E-state index contributed by atoms with van der Waals surface area (Å²) in [7, 11) is 4.81. The van der Waals surface area contributed by atoms with E-state index in [1.807, 2.05) is 30.3 Å². The first-order valence-electron chi connectivity index (χ1n) is 6.32. The Hall–Kier alpha value is -2.20. The lowest BCUT2D eigenvalue weighted by Gasteiger charge is -2.14. The van der Waals surface area contributed by atoms with Gasteiger partial charge in [0.2, 0.25) is 5.75 Å². The predicted octanol–water partition coefficient (Wildman–Crippen LogP) is 2.84. The topological polar surface area (TPSA) is 53.7 Å². The molecule has 2 aromatic rings. The van der Waals surface area contributed by atoms with E-state index < -0.39 is 0 Å². The van der Waals surface area contributed by atoms with Crippen LogP contribution in [0.4, 0.5) is 0 Å². The lowest BCUT2D eigenvalue weighted by molar-refractivity contribution is 0.324. The van der Waals surface area contributed by atoms with E-state index in [2.05, 4.69) is 6.07 Å². The minimum absolute atomic E-state index is 0.512. The minimum atomic E-state index is 0.512. The molecule has 4 heteroatoms. The molecule has 0 fully saturated rings. The zero-order valence-corrected chi connectivity index (χ0v) is 12.0. The fourth-order valence-electron chi connectivity index (χ4n) is 2.13. The first-order valence-corrected chi connectivity index (χ1v) is 6.32. The Balaban J connectivity index is 2.56. The van der Waals surface area contributed by atoms with E-state index in [1.54, 1.807) is 21.3 Å². The lowest BCUT2D eigenvalue weighted by atomic mass is 10.0. The molecule has 0 spiro atoms. The van der Waals surface area contributed by atoms with Gasteiger partial charge in [0, 0.05) is 6.54 Å². The van der Waals surface area contributed by atoms with Crippen molar-refractivity contribution in [3.8, 4) is 28.4 Å². The molecule has 20 heavy (non-hydrogen) atoms. The van der Waals surface area contributed by atoms with Gasteiger partial charge in [-0.1, -0.05) is 18.2 Å². The molecule has 106 valence electrons. The molecule has 0 saturated carbocycles. The summed E-state index contributed by atoms with van der Waals surface area (Å²) in [5.74, 6) is 1.87. The summed E-state index contributed by atoms with van der Waals surface area (Å²) in [4.78, 5) is 0. The second kappa shape index (κ2) is 6.30. The smallest absolute Gasteiger partial charge is 0.203 e. The minimum Gasteiger partial charge on any atom is -0.493 e. The molecule has 0 amide bonds. The Morgan fingerprint density at radius 1 is 0.850 bits per heavy atom. The Bertz CT molecular complexity index is 571. The first-order chi connectivity index (χ1) is 9.73. The Morgan fingerprint density at radius 3 is 2.00 bits per heavy atom. The summed E-state index contributed by atoms with van der Waals surface area (Å²) >= 11 is 0. The molecular weight excluding hydrogens is 254 g/mol. The molecule has 0 bridgehead atoms. The van der Waals surface area contributed by atoms with Gasteiger partial charge in [-0.3, -0.25) is 0 Å². The lowest BCUT2D eigenvalue weighted by Crippen LogP contribution is -1.97. The van der Waals surface area contributed by atoms with Crippen molar-refractivity contribution in [2.75, 3.05) is 21.3 Å². The molecular formula is C16H19NO3. The maximum atomic E-state index is 5.69. The van der Waals surface area contributed by atoms with Crippen molar-refractivity contribution >= 4 is 0 Å². The van der Waals surface area contributed by atoms with E-state index in [9.17, 15) is 0 Å². The first kappa shape index (κ1) is 14.2. The third-order valence-electron chi connectivity index (χ3n) is 3.16. The van der Waals surface area contributed by atoms with Gasteiger partial charge in [0.15, 0.2) is 11.5 Å². The van der Waals surface area contributed by atoms with E-state index in [0.29, 0.717) is 23.8 Å². The average molecular weight is 273 g/mol. The van der Waals surface area contributed by atoms with E-state index in [0.717, 1.165) is 16.7 Å². The van der Waals surface area contributed by atoms with Gasteiger partial charge in [0.25, 0.3) is 0 Å². The summed E-state index contributed by atoms with van der Waals surface area (Å²) in [6.45, 7) is 0.512. The molecule has 2 N–H and O–H groups in total. The standard InChI is InChI=1S/C16H19NO3/c1-18-14-8-13(9-15(19-2)16(14)20-3)12-6-4-5-11(7-12)10-17/h4-9H,10,17H2,1-3H3. The molecule has 0 unspecified atom stereocenters. The van der Waals surface area contributed by atoms with Crippen LogP contribution in [-0.2, 0) is 6.54 Å². The van der Waals surface area contributed by atoms with E-state index >= 15 is 0 Å². The van der Waals surface area contributed by atoms with Crippen molar-refractivity contribution < 1.29 is 14.2 Å². The highest BCUT2D eigenvalue weighted by atomic mass is 16.5. The van der Waals surface area contributed by atoms with Crippen molar-refractivity contribution in [3.63, 3.8) is 0 Å². The number of benzene rings is 2. The second-order valence-electron chi connectivity index (χ2n) is 4.32. The maximum absolute atomic E-state index is 5.69. The zero-order chi connectivity index (χ0) is 14.5. The number of hydrogen-bond donors (Lipinski definition) is 1. The Kier molecular flexibility index (Phi) is 4.48. The molecule has 0 aliphatic carbocycles. The Morgan fingerprint density at radius 2 is 1.50 bits per heavy atom. The molecule has 0 aromatic heterocycles. The van der Waals surface area contributed by atoms with E-state index in [1.165, 1.54) is 0 Å². The third-order valence-corrected chi connectivity index (χ3v) is 3.16. The van der Waals surface area contributed by atoms with Gasteiger partial charge in [-0.05, 0) is 34.9 Å². The Labute approximate surface area is 119 Å². The van der Waals surface area contributed by atoms with Crippen LogP contribution in [0.3, 0.4) is 0 Å². The van der Waals surface area contributed by atoms with Crippen LogP contribution >= 0.6 is 0 Å². The average Bonchev–Trinajstić information content (AvgIpc) is 2.53. The van der Waals surface area contributed by atoms with E-state index in [4.69, 9.17) is 19.9 Å². The van der Waals surface area contributed by atoms with Crippen LogP contribution in [0.5, 0.6) is 17.2 Å². The van der Waals surface area contributed by atoms with Crippen molar-refractivity contribution in [3.05, 3.63) is 42.0 Å². The summed E-state index contributed by atoms with van der Waals surface area (Å²) in [5.41, 5.74) is 8.82. The molecule has 0 radical (unpaired) electrons. The van der Waals surface area contributed by atoms with Gasteiger partial charge < -0.3 is 19.9 Å². The molecule has 0 aliphatic heterocycles. The molecule has 0 atom stereocenters. The highest BCUT2D eigenvalue weighted by Gasteiger charge is 2.14. The van der Waals surface area contributed by atoms with Gasteiger partial charge >= 0.3 is 0 Å². The quantitative estimate of drug-likeness (QED) is 0.910. The van der Waals surface area contributed by atoms with Gasteiger partial charge in [-0.25, -0.2) is 0 Å². The molecule has 2 aromatic carbocycles. The zero-order valence-electron chi connectivity index (χ0n) is 12.0.